The Balaban J connectivity index is 1.62. The molecule has 10 heteroatoms. The zero-order chi connectivity index (χ0) is 21.0. The summed E-state index contributed by atoms with van der Waals surface area (Å²) < 4.78 is 10.8. The lowest BCUT2D eigenvalue weighted by atomic mass is 10.1. The van der Waals surface area contributed by atoms with Crippen molar-refractivity contribution in [1.82, 2.24) is 15.5 Å². The highest BCUT2D eigenvalue weighted by molar-refractivity contribution is 7.15. The predicted octanol–water partition coefficient (Wildman–Crippen LogP) is 2.79. The van der Waals surface area contributed by atoms with Crippen LogP contribution in [0.15, 0.2) is 18.2 Å². The van der Waals surface area contributed by atoms with E-state index in [1.807, 2.05) is 13.8 Å². The average Bonchev–Trinajstić information content (AvgIpc) is 3.28. The van der Waals surface area contributed by atoms with E-state index in [2.05, 4.69) is 15.5 Å². The van der Waals surface area contributed by atoms with Crippen LogP contribution in [0.3, 0.4) is 0 Å². The second-order valence-corrected chi connectivity index (χ2v) is 8.43. The van der Waals surface area contributed by atoms with Crippen molar-refractivity contribution in [2.24, 2.45) is 5.92 Å². The summed E-state index contributed by atoms with van der Waals surface area (Å²) in [6.45, 7) is 4.74. The Morgan fingerprint density at radius 2 is 2.21 bits per heavy atom. The standard InChI is InChI=1S/C19H23ClN4O4S/c1-11(2)28-15-5-4-14(20)6-12(15)8-21-18(26)13-7-17(25)24(9-13)19-23-22-16(29-19)10-27-3/h4-6,11,13H,7-10H2,1-3H3,(H,21,26). The highest BCUT2D eigenvalue weighted by Crippen LogP contribution is 2.29. The molecule has 1 aliphatic heterocycles. The number of rotatable bonds is 8. The van der Waals surface area contributed by atoms with Gasteiger partial charge in [0.1, 0.15) is 17.4 Å². The van der Waals surface area contributed by atoms with Crippen molar-refractivity contribution >= 4 is 39.9 Å². The summed E-state index contributed by atoms with van der Waals surface area (Å²) in [4.78, 5) is 26.5. The van der Waals surface area contributed by atoms with E-state index in [-0.39, 0.29) is 37.4 Å². The lowest BCUT2D eigenvalue weighted by molar-refractivity contribution is -0.126. The number of methoxy groups -OCH3 is 1. The molecule has 1 aliphatic rings. The number of carbonyl (C=O) groups excluding carboxylic acids is 2. The van der Waals surface area contributed by atoms with Crippen LogP contribution in [0.1, 0.15) is 30.8 Å². The van der Waals surface area contributed by atoms with Crippen LogP contribution < -0.4 is 15.0 Å². The van der Waals surface area contributed by atoms with Gasteiger partial charge in [0.15, 0.2) is 0 Å². The minimum Gasteiger partial charge on any atom is -0.491 e. The van der Waals surface area contributed by atoms with Crippen LogP contribution in [0.4, 0.5) is 5.13 Å². The van der Waals surface area contributed by atoms with Gasteiger partial charge >= 0.3 is 0 Å². The van der Waals surface area contributed by atoms with Crippen molar-refractivity contribution in [1.29, 1.82) is 0 Å². The van der Waals surface area contributed by atoms with Crippen molar-refractivity contribution in [2.45, 2.75) is 39.5 Å². The first-order valence-electron chi connectivity index (χ1n) is 9.22. The van der Waals surface area contributed by atoms with E-state index in [4.69, 9.17) is 21.1 Å². The van der Waals surface area contributed by atoms with Gasteiger partial charge in [0, 0.05) is 37.2 Å². The maximum atomic E-state index is 12.7. The van der Waals surface area contributed by atoms with Crippen LogP contribution in [-0.2, 0) is 27.5 Å². The number of benzene rings is 1. The van der Waals surface area contributed by atoms with Crippen LogP contribution in [0, 0.1) is 5.92 Å². The van der Waals surface area contributed by atoms with Gasteiger partial charge in [-0.1, -0.05) is 22.9 Å². The number of anilines is 1. The molecular formula is C19H23ClN4O4S. The summed E-state index contributed by atoms with van der Waals surface area (Å²) in [6.07, 6.45) is 0.136. The van der Waals surface area contributed by atoms with E-state index >= 15 is 0 Å². The second kappa shape index (κ2) is 9.51. The van der Waals surface area contributed by atoms with Gasteiger partial charge in [-0.2, -0.15) is 0 Å². The summed E-state index contributed by atoms with van der Waals surface area (Å²) >= 11 is 7.37. The first kappa shape index (κ1) is 21.5. The maximum Gasteiger partial charge on any atom is 0.229 e. The molecule has 2 amide bonds. The fourth-order valence-corrected chi connectivity index (χ4v) is 4.02. The van der Waals surface area contributed by atoms with E-state index in [9.17, 15) is 9.59 Å². The molecule has 2 aromatic rings. The molecule has 29 heavy (non-hydrogen) atoms. The molecule has 1 unspecified atom stereocenters. The summed E-state index contributed by atoms with van der Waals surface area (Å²) in [5.74, 6) is -0.117. The predicted molar refractivity (Wildman–Crippen MR) is 110 cm³/mol. The maximum absolute atomic E-state index is 12.7. The van der Waals surface area contributed by atoms with Crippen molar-refractivity contribution in [3.05, 3.63) is 33.8 Å². The summed E-state index contributed by atoms with van der Waals surface area (Å²) in [5, 5.41) is 12.7. The Labute approximate surface area is 178 Å². The van der Waals surface area contributed by atoms with Gasteiger partial charge in [0.05, 0.1) is 12.0 Å². The van der Waals surface area contributed by atoms with Gasteiger partial charge in [0.2, 0.25) is 16.9 Å². The molecule has 3 rings (SSSR count). The minimum atomic E-state index is -0.453. The SMILES string of the molecule is COCc1nnc(N2CC(C(=O)NCc3cc(Cl)ccc3OC(C)C)CC2=O)s1. The third-order valence-corrected chi connectivity index (χ3v) is 5.44. The first-order valence-corrected chi connectivity index (χ1v) is 10.4. The topological polar surface area (TPSA) is 93.7 Å². The first-order chi connectivity index (χ1) is 13.9. The van der Waals surface area contributed by atoms with Crippen molar-refractivity contribution in [2.75, 3.05) is 18.6 Å². The van der Waals surface area contributed by atoms with Crippen molar-refractivity contribution in [3.63, 3.8) is 0 Å². The summed E-state index contributed by atoms with van der Waals surface area (Å²) in [7, 11) is 1.57. The summed E-state index contributed by atoms with van der Waals surface area (Å²) in [5.41, 5.74) is 0.786. The number of halogens is 1. The van der Waals surface area contributed by atoms with Gasteiger partial charge < -0.3 is 14.8 Å². The van der Waals surface area contributed by atoms with Crippen LogP contribution in [-0.4, -0.2) is 41.8 Å². The van der Waals surface area contributed by atoms with Crippen LogP contribution in [0.25, 0.3) is 0 Å². The monoisotopic (exact) mass is 438 g/mol. The molecule has 1 N–H and O–H groups in total. The molecule has 156 valence electrons. The van der Waals surface area contributed by atoms with E-state index in [1.165, 1.54) is 16.2 Å². The van der Waals surface area contributed by atoms with E-state index in [1.54, 1.807) is 25.3 Å². The largest absolute Gasteiger partial charge is 0.491 e. The van der Waals surface area contributed by atoms with Crippen LogP contribution >= 0.6 is 22.9 Å². The van der Waals surface area contributed by atoms with Gasteiger partial charge in [-0.05, 0) is 32.0 Å². The van der Waals surface area contributed by atoms with Crippen LogP contribution in [0.5, 0.6) is 5.75 Å². The Bertz CT molecular complexity index is 889. The van der Waals surface area contributed by atoms with Gasteiger partial charge in [-0.25, -0.2) is 0 Å². The highest BCUT2D eigenvalue weighted by Gasteiger charge is 2.36. The lowest BCUT2D eigenvalue weighted by Crippen LogP contribution is -2.32. The number of nitrogens with one attached hydrogen (secondary N) is 1. The third kappa shape index (κ3) is 5.43. The fraction of sp³-hybridized carbons (Fsp3) is 0.474. The van der Waals surface area contributed by atoms with Crippen molar-refractivity contribution in [3.8, 4) is 5.75 Å². The average molecular weight is 439 g/mol. The number of ether oxygens (including phenoxy) is 2. The third-order valence-electron chi connectivity index (χ3n) is 4.29. The number of hydrogen-bond donors (Lipinski definition) is 1. The van der Waals surface area contributed by atoms with E-state index in [0.717, 1.165) is 5.56 Å². The number of nitrogens with zero attached hydrogens (tertiary/aromatic N) is 3. The number of hydrogen-bond acceptors (Lipinski definition) is 7. The molecule has 1 atom stereocenters. The highest BCUT2D eigenvalue weighted by atomic mass is 35.5. The lowest BCUT2D eigenvalue weighted by Gasteiger charge is -2.16. The zero-order valence-corrected chi connectivity index (χ0v) is 18.0. The number of amides is 2. The molecule has 0 radical (unpaired) electrons. The fourth-order valence-electron chi connectivity index (χ4n) is 2.99. The zero-order valence-electron chi connectivity index (χ0n) is 16.5. The normalized spacial score (nSPS) is 16.5. The Morgan fingerprint density at radius 1 is 1.41 bits per heavy atom. The minimum absolute atomic E-state index is 0.00143. The van der Waals surface area contributed by atoms with E-state index in [0.29, 0.717) is 27.5 Å². The van der Waals surface area contributed by atoms with Crippen molar-refractivity contribution < 1.29 is 19.1 Å². The second-order valence-electron chi connectivity index (χ2n) is 6.95. The Morgan fingerprint density at radius 3 is 2.93 bits per heavy atom. The molecule has 1 saturated heterocycles. The molecule has 1 aromatic carbocycles. The molecule has 0 bridgehead atoms. The van der Waals surface area contributed by atoms with Gasteiger partial charge in [-0.3, -0.25) is 14.5 Å². The van der Waals surface area contributed by atoms with Crippen LogP contribution in [0.2, 0.25) is 5.02 Å². The molecular weight excluding hydrogens is 416 g/mol. The number of carbonyl (C=O) groups is 2. The quantitative estimate of drug-likeness (QED) is 0.681. The molecule has 8 nitrogen and oxygen atoms in total. The Kier molecular flexibility index (Phi) is 7.05. The molecule has 1 aromatic heterocycles. The molecule has 0 saturated carbocycles. The number of aromatic nitrogens is 2. The molecule has 2 heterocycles. The van der Waals surface area contributed by atoms with E-state index < -0.39 is 5.92 Å². The smallest absolute Gasteiger partial charge is 0.229 e. The van der Waals surface area contributed by atoms with Gasteiger partial charge in [-0.15, -0.1) is 10.2 Å². The molecule has 1 fully saturated rings. The van der Waals surface area contributed by atoms with Gasteiger partial charge in [0.25, 0.3) is 0 Å². The molecule has 0 aliphatic carbocycles. The summed E-state index contributed by atoms with van der Waals surface area (Å²) in [6, 6.07) is 5.31. The molecule has 0 spiro atoms. The Hall–Kier alpha value is -2.23.